The van der Waals surface area contributed by atoms with Crippen LogP contribution in [0.4, 0.5) is 0 Å². The molecule has 112 valence electrons. The van der Waals surface area contributed by atoms with Crippen LogP contribution in [0, 0.1) is 5.92 Å². The molecule has 2 rings (SSSR count). The fourth-order valence-electron chi connectivity index (χ4n) is 3.01. The number of fused-ring (bicyclic) bond motifs is 1. The summed E-state index contributed by atoms with van der Waals surface area (Å²) in [5.74, 6) is 0.281. The Labute approximate surface area is 121 Å². The predicted octanol–water partition coefficient (Wildman–Crippen LogP) is 3.11. The van der Waals surface area contributed by atoms with Crippen molar-refractivity contribution in [2.24, 2.45) is 5.92 Å². The first kappa shape index (κ1) is 15.3. The molecule has 0 saturated carbocycles. The summed E-state index contributed by atoms with van der Waals surface area (Å²) < 4.78 is 30.2. The standard InChI is InChI=1S/C15H23NO3S/c1-12-13(8-5-7-11-20(17,18)19)14-9-4-6-10-16(14)15(12,2)3/h4,6,9-10,12H,5,7-8,11H2,1-3H3,(H,17,18,19). The first-order chi connectivity index (χ1) is 9.23. The quantitative estimate of drug-likeness (QED) is 0.626. The van der Waals surface area contributed by atoms with Crippen molar-refractivity contribution in [1.29, 1.82) is 0 Å². The van der Waals surface area contributed by atoms with E-state index in [2.05, 4.69) is 37.9 Å². The van der Waals surface area contributed by atoms with Crippen LogP contribution >= 0.6 is 0 Å². The van der Waals surface area contributed by atoms with Gasteiger partial charge in [-0.05, 0) is 50.8 Å². The highest BCUT2D eigenvalue weighted by atomic mass is 32.2. The summed E-state index contributed by atoms with van der Waals surface area (Å²) in [5.41, 5.74) is 2.68. The van der Waals surface area contributed by atoms with E-state index in [0.29, 0.717) is 12.3 Å². The van der Waals surface area contributed by atoms with Crippen LogP contribution in [0.25, 0.3) is 0 Å². The molecule has 0 amide bonds. The molecule has 2 aliphatic heterocycles. The zero-order valence-electron chi connectivity index (χ0n) is 12.3. The van der Waals surface area contributed by atoms with E-state index in [1.165, 1.54) is 11.3 Å². The summed E-state index contributed by atoms with van der Waals surface area (Å²) >= 11 is 0. The Balaban J connectivity index is 2.06. The molecule has 0 aromatic heterocycles. The molecule has 5 heteroatoms. The molecule has 0 radical (unpaired) electrons. The van der Waals surface area contributed by atoms with Crippen LogP contribution in [0.15, 0.2) is 35.7 Å². The Morgan fingerprint density at radius 3 is 2.65 bits per heavy atom. The van der Waals surface area contributed by atoms with Crippen LogP contribution in [0.2, 0.25) is 0 Å². The summed E-state index contributed by atoms with van der Waals surface area (Å²) in [6.45, 7) is 6.68. The van der Waals surface area contributed by atoms with Crippen molar-refractivity contribution < 1.29 is 13.0 Å². The lowest BCUT2D eigenvalue weighted by Crippen LogP contribution is -2.39. The second-order valence-electron chi connectivity index (χ2n) is 6.10. The highest BCUT2D eigenvalue weighted by Crippen LogP contribution is 2.45. The summed E-state index contributed by atoms with van der Waals surface area (Å²) in [6, 6.07) is 0. The van der Waals surface area contributed by atoms with Gasteiger partial charge in [0.2, 0.25) is 0 Å². The van der Waals surface area contributed by atoms with E-state index in [1.807, 2.05) is 12.2 Å². The Kier molecular flexibility index (Phi) is 4.12. The van der Waals surface area contributed by atoms with Crippen molar-refractivity contribution in [1.82, 2.24) is 4.90 Å². The summed E-state index contributed by atoms with van der Waals surface area (Å²) in [5, 5.41) is 0. The lowest BCUT2D eigenvalue weighted by Gasteiger charge is -2.36. The van der Waals surface area contributed by atoms with Crippen LogP contribution in [0.3, 0.4) is 0 Å². The molecule has 0 aliphatic carbocycles. The summed E-state index contributed by atoms with van der Waals surface area (Å²) in [6.07, 6.45) is 10.5. The van der Waals surface area contributed by atoms with E-state index in [1.54, 1.807) is 0 Å². The molecule has 4 nitrogen and oxygen atoms in total. The molecule has 1 N–H and O–H groups in total. The third kappa shape index (κ3) is 2.99. The van der Waals surface area contributed by atoms with Crippen molar-refractivity contribution in [3.8, 4) is 0 Å². The number of hydrogen-bond donors (Lipinski definition) is 1. The minimum absolute atomic E-state index is 0.0506. The average molecular weight is 297 g/mol. The smallest absolute Gasteiger partial charge is 0.264 e. The number of rotatable bonds is 5. The van der Waals surface area contributed by atoms with Gasteiger partial charge < -0.3 is 4.90 Å². The number of unbranched alkanes of at least 4 members (excludes halogenated alkanes) is 1. The van der Waals surface area contributed by atoms with Gasteiger partial charge in [-0.2, -0.15) is 8.42 Å². The molecule has 2 heterocycles. The normalized spacial score (nSPS) is 24.4. The minimum atomic E-state index is -3.83. The van der Waals surface area contributed by atoms with Gasteiger partial charge >= 0.3 is 0 Å². The molecule has 0 spiro atoms. The topological polar surface area (TPSA) is 57.6 Å². The molecule has 0 fully saturated rings. The van der Waals surface area contributed by atoms with E-state index in [-0.39, 0.29) is 11.3 Å². The second kappa shape index (κ2) is 5.37. The summed E-state index contributed by atoms with van der Waals surface area (Å²) in [4.78, 5) is 2.30. The van der Waals surface area contributed by atoms with Gasteiger partial charge in [-0.15, -0.1) is 0 Å². The molecule has 1 unspecified atom stereocenters. The highest BCUT2D eigenvalue weighted by Gasteiger charge is 2.42. The predicted molar refractivity (Wildman–Crippen MR) is 80.7 cm³/mol. The van der Waals surface area contributed by atoms with Crippen LogP contribution in [-0.4, -0.2) is 29.2 Å². The van der Waals surface area contributed by atoms with Gasteiger partial charge in [-0.3, -0.25) is 4.55 Å². The maximum atomic E-state index is 10.7. The van der Waals surface area contributed by atoms with Crippen molar-refractivity contribution in [2.45, 2.75) is 45.6 Å². The maximum absolute atomic E-state index is 10.7. The summed E-state index contributed by atoms with van der Waals surface area (Å²) in [7, 11) is -3.83. The van der Waals surface area contributed by atoms with E-state index < -0.39 is 10.1 Å². The van der Waals surface area contributed by atoms with Gasteiger partial charge in [0.25, 0.3) is 10.1 Å². The van der Waals surface area contributed by atoms with Crippen molar-refractivity contribution >= 4 is 10.1 Å². The van der Waals surface area contributed by atoms with Gasteiger partial charge in [0.15, 0.2) is 0 Å². The third-order valence-electron chi connectivity index (χ3n) is 4.49. The third-order valence-corrected chi connectivity index (χ3v) is 5.30. The number of nitrogens with zero attached hydrogens (tertiary/aromatic N) is 1. The lowest BCUT2D eigenvalue weighted by atomic mass is 9.84. The second-order valence-corrected chi connectivity index (χ2v) is 7.67. The molecule has 20 heavy (non-hydrogen) atoms. The monoisotopic (exact) mass is 297 g/mol. The van der Waals surface area contributed by atoms with E-state index in [0.717, 1.165) is 12.8 Å². The van der Waals surface area contributed by atoms with Gasteiger partial charge in [-0.1, -0.05) is 13.0 Å². The zero-order chi connectivity index (χ0) is 15.0. The first-order valence-corrected chi connectivity index (χ1v) is 8.67. The van der Waals surface area contributed by atoms with Crippen molar-refractivity contribution in [2.75, 3.05) is 5.75 Å². The molecule has 2 aliphatic rings. The van der Waals surface area contributed by atoms with Gasteiger partial charge in [0, 0.05) is 23.4 Å². The Morgan fingerprint density at radius 1 is 1.30 bits per heavy atom. The molecule has 0 aromatic rings. The largest absolute Gasteiger partial charge is 0.342 e. The number of allylic oxidation sites excluding steroid dienone is 3. The molecule has 1 atom stereocenters. The van der Waals surface area contributed by atoms with Gasteiger partial charge in [-0.25, -0.2) is 0 Å². The van der Waals surface area contributed by atoms with E-state index in [4.69, 9.17) is 4.55 Å². The molecular formula is C15H23NO3S. The van der Waals surface area contributed by atoms with E-state index in [9.17, 15) is 8.42 Å². The molecular weight excluding hydrogens is 274 g/mol. The SMILES string of the molecule is CC1C(CCCCS(=O)(=O)O)=C2C=CC=CN2C1(C)C. The Morgan fingerprint density at radius 2 is 2.00 bits per heavy atom. The van der Waals surface area contributed by atoms with Crippen LogP contribution in [-0.2, 0) is 10.1 Å². The molecule has 0 saturated heterocycles. The van der Waals surface area contributed by atoms with Gasteiger partial charge in [0.1, 0.15) is 0 Å². The highest BCUT2D eigenvalue weighted by molar-refractivity contribution is 7.85. The zero-order valence-corrected chi connectivity index (χ0v) is 13.2. The number of hydrogen-bond acceptors (Lipinski definition) is 3. The Hall–Kier alpha value is -1.07. The average Bonchev–Trinajstić information content (AvgIpc) is 2.54. The minimum Gasteiger partial charge on any atom is -0.342 e. The van der Waals surface area contributed by atoms with E-state index >= 15 is 0 Å². The molecule has 0 aromatic carbocycles. The maximum Gasteiger partial charge on any atom is 0.264 e. The fraction of sp³-hybridized carbons (Fsp3) is 0.600. The van der Waals surface area contributed by atoms with Crippen molar-refractivity contribution in [3.63, 3.8) is 0 Å². The lowest BCUT2D eigenvalue weighted by molar-refractivity contribution is 0.214. The van der Waals surface area contributed by atoms with Crippen LogP contribution in [0.5, 0.6) is 0 Å². The fourth-order valence-corrected chi connectivity index (χ4v) is 3.58. The van der Waals surface area contributed by atoms with Crippen LogP contribution in [0.1, 0.15) is 40.0 Å². The first-order valence-electron chi connectivity index (χ1n) is 7.06. The molecule has 0 bridgehead atoms. The van der Waals surface area contributed by atoms with Crippen LogP contribution < -0.4 is 0 Å². The Bertz CT molecular complexity index is 570. The van der Waals surface area contributed by atoms with Gasteiger partial charge in [0.05, 0.1) is 5.75 Å². The van der Waals surface area contributed by atoms with Crippen molar-refractivity contribution in [3.05, 3.63) is 35.7 Å².